The van der Waals surface area contributed by atoms with E-state index in [9.17, 15) is 0 Å². The van der Waals surface area contributed by atoms with Gasteiger partial charge in [-0.3, -0.25) is 0 Å². The lowest BCUT2D eigenvalue weighted by molar-refractivity contribution is 0.318. The first-order valence-electron chi connectivity index (χ1n) is 6.89. The zero-order valence-corrected chi connectivity index (χ0v) is 11.6. The average Bonchev–Trinajstić information content (AvgIpc) is 2.67. The van der Waals surface area contributed by atoms with Crippen LogP contribution in [0.1, 0.15) is 26.7 Å². The van der Waals surface area contributed by atoms with E-state index in [2.05, 4.69) is 43.2 Å². The largest absolute Gasteiger partial charge is 0.491 e. The molecule has 0 aliphatic carbocycles. The Kier molecular flexibility index (Phi) is 4.48. The van der Waals surface area contributed by atoms with Crippen LogP contribution in [-0.4, -0.2) is 37.2 Å². The molecule has 1 aromatic carbocycles. The summed E-state index contributed by atoms with van der Waals surface area (Å²) in [6.07, 6.45) is 2.23. The molecule has 1 heterocycles. The average molecular weight is 248 g/mol. The number of ether oxygens (including phenoxy) is 1. The molecule has 0 saturated carbocycles. The summed E-state index contributed by atoms with van der Waals surface area (Å²) in [5, 5.41) is 3.61. The topological polar surface area (TPSA) is 24.5 Å². The molecule has 1 aliphatic rings. The van der Waals surface area contributed by atoms with Crippen molar-refractivity contribution in [3.8, 4) is 5.75 Å². The van der Waals surface area contributed by atoms with Gasteiger partial charge in [-0.2, -0.15) is 0 Å². The molecule has 1 saturated heterocycles. The lowest BCUT2D eigenvalue weighted by Crippen LogP contribution is -2.25. The zero-order valence-electron chi connectivity index (χ0n) is 11.6. The Morgan fingerprint density at radius 3 is 2.83 bits per heavy atom. The molecule has 0 aromatic heterocycles. The molecule has 18 heavy (non-hydrogen) atoms. The van der Waals surface area contributed by atoms with Crippen molar-refractivity contribution in [3.63, 3.8) is 0 Å². The number of likely N-dealkylation sites (tertiary alicyclic amines) is 1. The van der Waals surface area contributed by atoms with Crippen molar-refractivity contribution < 1.29 is 4.74 Å². The molecule has 0 bridgehead atoms. The van der Waals surface area contributed by atoms with Crippen molar-refractivity contribution in [3.05, 3.63) is 24.3 Å². The normalized spacial score (nSPS) is 24.2. The van der Waals surface area contributed by atoms with Crippen molar-refractivity contribution in [2.45, 2.75) is 38.8 Å². The van der Waals surface area contributed by atoms with Crippen LogP contribution in [0.2, 0.25) is 0 Å². The maximum Gasteiger partial charge on any atom is 0.142 e. The van der Waals surface area contributed by atoms with Crippen LogP contribution >= 0.6 is 0 Å². The highest BCUT2D eigenvalue weighted by Gasteiger charge is 2.26. The van der Waals surface area contributed by atoms with E-state index in [-0.39, 0.29) is 0 Å². The van der Waals surface area contributed by atoms with E-state index in [4.69, 9.17) is 4.74 Å². The van der Waals surface area contributed by atoms with E-state index in [0.717, 1.165) is 31.0 Å². The third-order valence-corrected chi connectivity index (χ3v) is 3.59. The fraction of sp³-hybridized carbons (Fsp3) is 0.600. The minimum absolute atomic E-state index is 0.524. The third kappa shape index (κ3) is 3.16. The van der Waals surface area contributed by atoms with Gasteiger partial charge in [0.2, 0.25) is 0 Å². The number of hydrogen-bond donors (Lipinski definition) is 1. The lowest BCUT2D eigenvalue weighted by atomic mass is 10.2. The second-order valence-corrected chi connectivity index (χ2v) is 5.21. The van der Waals surface area contributed by atoms with Crippen molar-refractivity contribution >= 4 is 5.69 Å². The van der Waals surface area contributed by atoms with Crippen LogP contribution < -0.4 is 10.1 Å². The molecular formula is C15H24N2O. The molecule has 3 nitrogen and oxygen atoms in total. The molecule has 2 atom stereocenters. The van der Waals surface area contributed by atoms with Crippen molar-refractivity contribution in [2.75, 3.05) is 25.5 Å². The molecule has 1 N–H and O–H groups in total. The quantitative estimate of drug-likeness (QED) is 0.867. The first kappa shape index (κ1) is 13.2. The number of likely N-dealkylation sites (N-methyl/N-ethyl adjacent to an activating group) is 1. The van der Waals surface area contributed by atoms with Gasteiger partial charge in [-0.25, -0.2) is 0 Å². The predicted octanol–water partition coefficient (Wildman–Crippen LogP) is 2.98. The number of para-hydroxylation sites is 2. The fourth-order valence-electron chi connectivity index (χ4n) is 2.44. The SMILES string of the molecule is CCCOc1ccccc1NC1CC(C)N(C)C1. The minimum Gasteiger partial charge on any atom is -0.491 e. The van der Waals surface area contributed by atoms with Gasteiger partial charge >= 0.3 is 0 Å². The van der Waals surface area contributed by atoms with E-state index in [0.29, 0.717) is 12.1 Å². The molecule has 2 unspecified atom stereocenters. The van der Waals surface area contributed by atoms with Crippen LogP contribution in [0.3, 0.4) is 0 Å². The van der Waals surface area contributed by atoms with E-state index in [1.807, 2.05) is 12.1 Å². The maximum atomic E-state index is 5.77. The first-order chi connectivity index (χ1) is 8.70. The summed E-state index contributed by atoms with van der Waals surface area (Å²) in [5.74, 6) is 0.974. The molecule has 1 fully saturated rings. The molecule has 3 heteroatoms. The zero-order chi connectivity index (χ0) is 13.0. The fourth-order valence-corrected chi connectivity index (χ4v) is 2.44. The van der Waals surface area contributed by atoms with Gasteiger partial charge in [-0.1, -0.05) is 19.1 Å². The van der Waals surface area contributed by atoms with Gasteiger partial charge < -0.3 is 15.0 Å². The van der Waals surface area contributed by atoms with E-state index >= 15 is 0 Å². The number of hydrogen-bond acceptors (Lipinski definition) is 3. The molecule has 0 amide bonds. The van der Waals surface area contributed by atoms with Crippen LogP contribution in [0.25, 0.3) is 0 Å². The second-order valence-electron chi connectivity index (χ2n) is 5.21. The lowest BCUT2D eigenvalue weighted by Gasteiger charge is -2.17. The molecule has 100 valence electrons. The number of rotatable bonds is 5. The summed E-state index contributed by atoms with van der Waals surface area (Å²) in [6.45, 7) is 6.29. The van der Waals surface area contributed by atoms with Crippen molar-refractivity contribution in [1.29, 1.82) is 0 Å². The van der Waals surface area contributed by atoms with Crippen LogP contribution in [0.15, 0.2) is 24.3 Å². The Bertz CT molecular complexity index is 371. The highest BCUT2D eigenvalue weighted by atomic mass is 16.5. The summed E-state index contributed by atoms with van der Waals surface area (Å²) in [4.78, 5) is 2.40. The molecule has 1 aromatic rings. The summed E-state index contributed by atoms with van der Waals surface area (Å²) < 4.78 is 5.77. The highest BCUT2D eigenvalue weighted by Crippen LogP contribution is 2.27. The second kappa shape index (κ2) is 6.10. The maximum absolute atomic E-state index is 5.77. The Morgan fingerprint density at radius 1 is 1.39 bits per heavy atom. The standard InChI is InChI=1S/C15H24N2O/c1-4-9-18-15-8-6-5-7-14(15)16-13-10-12(2)17(3)11-13/h5-8,12-13,16H,4,9-11H2,1-3H3. The first-order valence-corrected chi connectivity index (χ1v) is 6.89. The van der Waals surface area contributed by atoms with Crippen molar-refractivity contribution in [2.24, 2.45) is 0 Å². The third-order valence-electron chi connectivity index (χ3n) is 3.59. The molecule has 0 spiro atoms. The van der Waals surface area contributed by atoms with E-state index in [1.165, 1.54) is 6.42 Å². The van der Waals surface area contributed by atoms with Gasteiger partial charge in [-0.15, -0.1) is 0 Å². The Hall–Kier alpha value is -1.22. The Balaban J connectivity index is 2.00. The highest BCUT2D eigenvalue weighted by molar-refractivity contribution is 5.56. The van der Waals surface area contributed by atoms with Gasteiger partial charge in [-0.05, 0) is 38.9 Å². The predicted molar refractivity (Wildman–Crippen MR) is 76.3 cm³/mol. The van der Waals surface area contributed by atoms with Gasteiger partial charge in [0, 0.05) is 18.6 Å². The monoisotopic (exact) mass is 248 g/mol. The molecule has 2 rings (SSSR count). The van der Waals surface area contributed by atoms with Crippen LogP contribution in [0, 0.1) is 0 Å². The smallest absolute Gasteiger partial charge is 0.142 e. The van der Waals surface area contributed by atoms with Gasteiger partial charge in [0.05, 0.1) is 12.3 Å². The molecule has 0 radical (unpaired) electrons. The van der Waals surface area contributed by atoms with Gasteiger partial charge in [0.25, 0.3) is 0 Å². The number of nitrogens with zero attached hydrogens (tertiary/aromatic N) is 1. The van der Waals surface area contributed by atoms with Gasteiger partial charge in [0.15, 0.2) is 0 Å². The molecule has 1 aliphatic heterocycles. The van der Waals surface area contributed by atoms with E-state index in [1.54, 1.807) is 0 Å². The molecular weight excluding hydrogens is 224 g/mol. The number of nitrogens with one attached hydrogen (secondary N) is 1. The van der Waals surface area contributed by atoms with Crippen LogP contribution in [-0.2, 0) is 0 Å². The summed E-state index contributed by atoms with van der Waals surface area (Å²) in [7, 11) is 2.19. The van der Waals surface area contributed by atoms with Crippen LogP contribution in [0.5, 0.6) is 5.75 Å². The van der Waals surface area contributed by atoms with Crippen molar-refractivity contribution in [1.82, 2.24) is 4.90 Å². The summed E-state index contributed by atoms with van der Waals surface area (Å²) in [5.41, 5.74) is 1.12. The van der Waals surface area contributed by atoms with E-state index < -0.39 is 0 Å². The number of benzene rings is 1. The van der Waals surface area contributed by atoms with Gasteiger partial charge in [0.1, 0.15) is 5.75 Å². The Labute approximate surface area is 110 Å². The Morgan fingerprint density at radius 2 is 2.17 bits per heavy atom. The number of anilines is 1. The summed E-state index contributed by atoms with van der Waals surface area (Å²) >= 11 is 0. The summed E-state index contributed by atoms with van der Waals surface area (Å²) in [6, 6.07) is 9.42. The van der Waals surface area contributed by atoms with Crippen LogP contribution in [0.4, 0.5) is 5.69 Å². The minimum atomic E-state index is 0.524.